The van der Waals surface area contributed by atoms with Crippen molar-refractivity contribution in [3.8, 4) is 0 Å². The van der Waals surface area contributed by atoms with Crippen molar-refractivity contribution in [3.05, 3.63) is 10.6 Å². The summed E-state index contributed by atoms with van der Waals surface area (Å²) in [6, 6.07) is 0. The fourth-order valence-corrected chi connectivity index (χ4v) is 2.30. The first-order valence-electron chi connectivity index (χ1n) is 5.95. The Hall–Kier alpha value is -1.01. The summed E-state index contributed by atoms with van der Waals surface area (Å²) in [5.74, 6) is -0.0562. The highest BCUT2D eigenvalue weighted by Gasteiger charge is 2.20. The molecule has 0 unspecified atom stereocenters. The van der Waals surface area contributed by atoms with E-state index >= 15 is 0 Å². The van der Waals surface area contributed by atoms with Gasteiger partial charge in [0.1, 0.15) is 4.88 Å². The van der Waals surface area contributed by atoms with E-state index < -0.39 is 0 Å². The minimum Gasteiger partial charge on any atom is -0.395 e. The topological polar surface area (TPSA) is 66.3 Å². The Kier molecular flexibility index (Phi) is 6.07. The van der Waals surface area contributed by atoms with Gasteiger partial charge in [0.05, 0.1) is 12.3 Å². The Morgan fingerprint density at radius 1 is 1.35 bits per heavy atom. The zero-order chi connectivity index (χ0) is 12.7. The minimum atomic E-state index is -0.0562. The SMILES string of the molecule is CCCc1nnsc1C(=O)N(CCC)CCO. The van der Waals surface area contributed by atoms with Gasteiger partial charge in [-0.2, -0.15) is 0 Å². The molecule has 1 amide bonds. The zero-order valence-corrected chi connectivity index (χ0v) is 11.2. The lowest BCUT2D eigenvalue weighted by molar-refractivity contribution is 0.0725. The van der Waals surface area contributed by atoms with E-state index in [1.54, 1.807) is 4.90 Å². The molecule has 0 spiro atoms. The molecule has 0 saturated heterocycles. The molecule has 6 heteroatoms. The van der Waals surface area contributed by atoms with E-state index in [0.29, 0.717) is 18.0 Å². The van der Waals surface area contributed by atoms with Crippen LogP contribution in [0.1, 0.15) is 42.1 Å². The van der Waals surface area contributed by atoms with Crippen LogP contribution in [0, 0.1) is 0 Å². The third-order valence-corrected chi connectivity index (χ3v) is 3.14. The van der Waals surface area contributed by atoms with Gasteiger partial charge in [0.15, 0.2) is 0 Å². The van der Waals surface area contributed by atoms with Gasteiger partial charge in [-0.05, 0) is 24.4 Å². The van der Waals surface area contributed by atoms with Crippen molar-refractivity contribution < 1.29 is 9.90 Å². The summed E-state index contributed by atoms with van der Waals surface area (Å²) in [5, 5.41) is 12.9. The number of carbonyl (C=O) groups is 1. The van der Waals surface area contributed by atoms with Crippen molar-refractivity contribution in [2.45, 2.75) is 33.1 Å². The molecule has 0 aliphatic rings. The first kappa shape index (κ1) is 14.1. The lowest BCUT2D eigenvalue weighted by Crippen LogP contribution is -2.34. The first-order valence-corrected chi connectivity index (χ1v) is 6.73. The second kappa shape index (κ2) is 7.34. The average Bonchev–Trinajstić information content (AvgIpc) is 2.77. The zero-order valence-electron chi connectivity index (χ0n) is 10.3. The van der Waals surface area contributed by atoms with Gasteiger partial charge in [0.25, 0.3) is 5.91 Å². The fourth-order valence-electron chi connectivity index (χ4n) is 1.62. The number of aromatic nitrogens is 2. The molecule has 0 aliphatic carbocycles. The maximum Gasteiger partial charge on any atom is 0.267 e. The molecule has 0 aromatic carbocycles. The molecule has 0 bridgehead atoms. The van der Waals surface area contributed by atoms with Crippen molar-refractivity contribution in [2.24, 2.45) is 0 Å². The number of hydrogen-bond donors (Lipinski definition) is 1. The molecule has 1 aromatic heterocycles. The first-order chi connectivity index (χ1) is 8.24. The van der Waals surface area contributed by atoms with E-state index in [2.05, 4.69) is 9.59 Å². The Bertz CT molecular complexity index is 348. The highest BCUT2D eigenvalue weighted by atomic mass is 32.1. The largest absolute Gasteiger partial charge is 0.395 e. The number of rotatable bonds is 7. The van der Waals surface area contributed by atoms with Gasteiger partial charge in [-0.3, -0.25) is 4.79 Å². The third kappa shape index (κ3) is 3.74. The lowest BCUT2D eigenvalue weighted by Gasteiger charge is -2.20. The summed E-state index contributed by atoms with van der Waals surface area (Å²) >= 11 is 1.14. The molecule has 1 N–H and O–H groups in total. The number of carbonyl (C=O) groups excluding carboxylic acids is 1. The number of aliphatic hydroxyl groups is 1. The van der Waals surface area contributed by atoms with E-state index in [1.807, 2.05) is 13.8 Å². The molecule has 1 heterocycles. The fraction of sp³-hybridized carbons (Fsp3) is 0.727. The summed E-state index contributed by atoms with van der Waals surface area (Å²) < 4.78 is 3.85. The predicted molar refractivity (Wildman–Crippen MR) is 67.2 cm³/mol. The second-order valence-corrected chi connectivity index (χ2v) is 4.57. The van der Waals surface area contributed by atoms with Crippen molar-refractivity contribution in [1.29, 1.82) is 0 Å². The van der Waals surface area contributed by atoms with Crippen LogP contribution in [0.15, 0.2) is 0 Å². The van der Waals surface area contributed by atoms with Crippen LogP contribution in [0.2, 0.25) is 0 Å². The molecule has 1 rings (SSSR count). The van der Waals surface area contributed by atoms with Crippen LogP contribution in [0.4, 0.5) is 0 Å². The van der Waals surface area contributed by atoms with Crippen LogP contribution in [0.5, 0.6) is 0 Å². The molecule has 0 aliphatic heterocycles. The van der Waals surface area contributed by atoms with Gasteiger partial charge in [-0.25, -0.2) is 0 Å². The van der Waals surface area contributed by atoms with Crippen LogP contribution in [0.25, 0.3) is 0 Å². The summed E-state index contributed by atoms with van der Waals surface area (Å²) in [5.41, 5.74) is 0.779. The Morgan fingerprint density at radius 3 is 2.71 bits per heavy atom. The minimum absolute atomic E-state index is 0.0128. The number of aryl methyl sites for hydroxylation is 1. The molecule has 0 fully saturated rings. The molecule has 0 saturated carbocycles. The van der Waals surface area contributed by atoms with Crippen LogP contribution in [-0.2, 0) is 6.42 Å². The maximum absolute atomic E-state index is 12.2. The Morgan fingerprint density at radius 2 is 2.12 bits per heavy atom. The Balaban J connectivity index is 2.80. The summed E-state index contributed by atoms with van der Waals surface area (Å²) in [6.45, 7) is 5.07. The molecule has 5 nitrogen and oxygen atoms in total. The van der Waals surface area contributed by atoms with Crippen molar-refractivity contribution in [3.63, 3.8) is 0 Å². The second-order valence-electron chi connectivity index (χ2n) is 3.81. The van der Waals surface area contributed by atoms with E-state index in [9.17, 15) is 4.79 Å². The monoisotopic (exact) mass is 257 g/mol. The number of amides is 1. The highest BCUT2D eigenvalue weighted by Crippen LogP contribution is 2.15. The van der Waals surface area contributed by atoms with E-state index in [1.165, 1.54) is 0 Å². The van der Waals surface area contributed by atoms with Gasteiger partial charge in [-0.15, -0.1) is 5.10 Å². The van der Waals surface area contributed by atoms with Crippen LogP contribution in [0.3, 0.4) is 0 Å². The molecule has 96 valence electrons. The number of hydrogen-bond acceptors (Lipinski definition) is 5. The average molecular weight is 257 g/mol. The number of aliphatic hydroxyl groups excluding tert-OH is 1. The van der Waals surface area contributed by atoms with Crippen molar-refractivity contribution >= 4 is 17.4 Å². The molecule has 17 heavy (non-hydrogen) atoms. The molecular weight excluding hydrogens is 238 g/mol. The standard InChI is InChI=1S/C11H19N3O2S/c1-3-5-9-10(17-13-12-9)11(16)14(6-4-2)7-8-15/h15H,3-8H2,1-2H3. The third-order valence-electron chi connectivity index (χ3n) is 2.39. The normalized spacial score (nSPS) is 10.5. The van der Waals surface area contributed by atoms with Gasteiger partial charge in [-0.1, -0.05) is 24.8 Å². The molecular formula is C11H19N3O2S. The summed E-state index contributed by atoms with van der Waals surface area (Å²) in [6.07, 6.45) is 2.59. The quantitative estimate of drug-likeness (QED) is 0.800. The van der Waals surface area contributed by atoms with E-state index in [4.69, 9.17) is 5.11 Å². The van der Waals surface area contributed by atoms with Crippen LogP contribution >= 0.6 is 11.5 Å². The maximum atomic E-state index is 12.2. The predicted octanol–water partition coefficient (Wildman–Crippen LogP) is 1.34. The van der Waals surface area contributed by atoms with Gasteiger partial charge >= 0.3 is 0 Å². The van der Waals surface area contributed by atoms with Gasteiger partial charge in [0, 0.05) is 13.1 Å². The molecule has 0 radical (unpaired) electrons. The van der Waals surface area contributed by atoms with Gasteiger partial charge < -0.3 is 10.0 Å². The van der Waals surface area contributed by atoms with Crippen LogP contribution < -0.4 is 0 Å². The number of nitrogens with zero attached hydrogens (tertiary/aromatic N) is 3. The molecule has 1 aromatic rings. The lowest BCUT2D eigenvalue weighted by atomic mass is 10.2. The highest BCUT2D eigenvalue weighted by molar-refractivity contribution is 7.08. The van der Waals surface area contributed by atoms with Crippen LogP contribution in [-0.4, -0.2) is 45.2 Å². The summed E-state index contributed by atoms with van der Waals surface area (Å²) in [7, 11) is 0. The summed E-state index contributed by atoms with van der Waals surface area (Å²) in [4.78, 5) is 14.5. The smallest absolute Gasteiger partial charge is 0.267 e. The van der Waals surface area contributed by atoms with E-state index in [0.717, 1.165) is 36.5 Å². The van der Waals surface area contributed by atoms with Crippen molar-refractivity contribution in [1.82, 2.24) is 14.5 Å². The Labute approximate surface area is 106 Å². The van der Waals surface area contributed by atoms with Gasteiger partial charge in [0.2, 0.25) is 0 Å². The van der Waals surface area contributed by atoms with E-state index in [-0.39, 0.29) is 12.5 Å². The van der Waals surface area contributed by atoms with Crippen molar-refractivity contribution in [2.75, 3.05) is 19.7 Å². The molecule has 0 atom stereocenters.